The molecule has 1 atom stereocenters. The highest BCUT2D eigenvalue weighted by Crippen LogP contribution is 2.17. The lowest BCUT2D eigenvalue weighted by Gasteiger charge is -2.04. The number of hydrogen-bond acceptors (Lipinski definition) is 4. The standard InChI is InChI=1S/C8H9BrN2O2S/c9-5-1-2-7(11-3-5)14-4-6(10)8(12)13/h1-3,6H,4,10H2,(H,12,13). The molecule has 0 saturated heterocycles. The fourth-order valence-corrected chi connectivity index (χ4v) is 1.71. The van der Waals surface area contributed by atoms with Crippen molar-refractivity contribution in [1.82, 2.24) is 4.98 Å². The van der Waals surface area contributed by atoms with Crippen molar-refractivity contribution < 1.29 is 9.90 Å². The van der Waals surface area contributed by atoms with Crippen molar-refractivity contribution in [2.45, 2.75) is 11.1 Å². The summed E-state index contributed by atoms with van der Waals surface area (Å²) in [7, 11) is 0. The van der Waals surface area contributed by atoms with Crippen LogP contribution in [0, 0.1) is 0 Å². The predicted octanol–water partition coefficient (Wildman–Crippen LogP) is 1.35. The minimum absolute atomic E-state index is 0.323. The Morgan fingerprint density at radius 2 is 2.43 bits per heavy atom. The molecule has 0 spiro atoms. The topological polar surface area (TPSA) is 76.2 Å². The molecule has 0 bridgehead atoms. The molecule has 0 aliphatic heterocycles. The number of hydrogen-bond donors (Lipinski definition) is 2. The second-order valence-corrected chi connectivity index (χ2v) is 4.53. The molecule has 4 nitrogen and oxygen atoms in total. The van der Waals surface area contributed by atoms with Gasteiger partial charge in [0.05, 0.1) is 5.03 Å². The van der Waals surface area contributed by atoms with Gasteiger partial charge in [0.1, 0.15) is 6.04 Å². The Morgan fingerprint density at radius 1 is 1.71 bits per heavy atom. The number of nitrogens with zero attached hydrogens (tertiary/aromatic N) is 1. The van der Waals surface area contributed by atoms with Crippen molar-refractivity contribution in [3.8, 4) is 0 Å². The van der Waals surface area contributed by atoms with E-state index in [2.05, 4.69) is 20.9 Å². The van der Waals surface area contributed by atoms with Gasteiger partial charge in [-0.3, -0.25) is 4.79 Å². The lowest BCUT2D eigenvalue weighted by Crippen LogP contribution is -2.32. The van der Waals surface area contributed by atoms with Crippen molar-refractivity contribution in [3.05, 3.63) is 22.8 Å². The van der Waals surface area contributed by atoms with E-state index in [1.807, 2.05) is 12.1 Å². The summed E-state index contributed by atoms with van der Waals surface area (Å²) < 4.78 is 0.893. The maximum atomic E-state index is 10.4. The van der Waals surface area contributed by atoms with Crippen LogP contribution in [0.3, 0.4) is 0 Å². The zero-order valence-corrected chi connectivity index (χ0v) is 9.59. The van der Waals surface area contributed by atoms with E-state index in [0.717, 1.165) is 9.50 Å². The van der Waals surface area contributed by atoms with Crippen molar-refractivity contribution >= 4 is 33.7 Å². The molecular weight excluding hydrogens is 268 g/mol. The molecule has 0 radical (unpaired) electrons. The van der Waals surface area contributed by atoms with Gasteiger partial charge < -0.3 is 10.8 Å². The summed E-state index contributed by atoms with van der Waals surface area (Å²) in [5, 5.41) is 9.31. The van der Waals surface area contributed by atoms with Crippen LogP contribution in [0.4, 0.5) is 0 Å². The highest BCUT2D eigenvalue weighted by Gasteiger charge is 2.11. The number of halogens is 1. The number of carboxylic acids is 1. The molecule has 0 fully saturated rings. The first-order chi connectivity index (χ1) is 6.59. The van der Waals surface area contributed by atoms with Crippen LogP contribution >= 0.6 is 27.7 Å². The Hall–Kier alpha value is -0.590. The molecule has 3 N–H and O–H groups in total. The molecule has 1 aromatic heterocycles. The number of carbonyl (C=O) groups is 1. The molecular formula is C8H9BrN2O2S. The minimum atomic E-state index is -0.991. The third kappa shape index (κ3) is 3.65. The highest BCUT2D eigenvalue weighted by atomic mass is 79.9. The summed E-state index contributed by atoms with van der Waals surface area (Å²) in [6, 6.07) is 2.82. The molecule has 76 valence electrons. The van der Waals surface area contributed by atoms with Crippen molar-refractivity contribution in [3.63, 3.8) is 0 Å². The number of pyridine rings is 1. The third-order valence-corrected chi connectivity index (χ3v) is 2.96. The molecule has 0 aliphatic carbocycles. The number of rotatable bonds is 4. The summed E-state index contributed by atoms with van der Waals surface area (Å²) in [4.78, 5) is 14.5. The summed E-state index contributed by atoms with van der Waals surface area (Å²) in [5.74, 6) is -0.668. The van der Waals surface area contributed by atoms with Gasteiger partial charge in [-0.15, -0.1) is 11.8 Å². The van der Waals surface area contributed by atoms with Crippen LogP contribution in [0.2, 0.25) is 0 Å². The Labute approximate surface area is 94.0 Å². The Balaban J connectivity index is 2.46. The average Bonchev–Trinajstić information content (AvgIpc) is 2.16. The van der Waals surface area contributed by atoms with Crippen LogP contribution < -0.4 is 5.73 Å². The van der Waals surface area contributed by atoms with Gasteiger partial charge in [0.15, 0.2) is 0 Å². The normalized spacial score (nSPS) is 12.4. The van der Waals surface area contributed by atoms with Crippen LogP contribution in [-0.4, -0.2) is 27.9 Å². The fraction of sp³-hybridized carbons (Fsp3) is 0.250. The minimum Gasteiger partial charge on any atom is -0.480 e. The summed E-state index contributed by atoms with van der Waals surface area (Å²) in [6.45, 7) is 0. The summed E-state index contributed by atoms with van der Waals surface area (Å²) >= 11 is 4.59. The van der Waals surface area contributed by atoms with Crippen molar-refractivity contribution in [2.75, 3.05) is 5.75 Å². The van der Waals surface area contributed by atoms with E-state index in [-0.39, 0.29) is 0 Å². The van der Waals surface area contributed by atoms with E-state index in [1.54, 1.807) is 6.20 Å². The third-order valence-electron chi connectivity index (χ3n) is 1.43. The summed E-state index contributed by atoms with van der Waals surface area (Å²) in [6.07, 6.45) is 1.66. The monoisotopic (exact) mass is 276 g/mol. The molecule has 1 aromatic rings. The van der Waals surface area contributed by atoms with Gasteiger partial charge >= 0.3 is 5.97 Å². The van der Waals surface area contributed by atoms with E-state index >= 15 is 0 Å². The van der Waals surface area contributed by atoms with Crippen LogP contribution in [0.15, 0.2) is 27.8 Å². The van der Waals surface area contributed by atoms with Crippen LogP contribution in [-0.2, 0) is 4.79 Å². The maximum Gasteiger partial charge on any atom is 0.321 e. The van der Waals surface area contributed by atoms with Gasteiger partial charge in [-0.05, 0) is 28.1 Å². The molecule has 6 heteroatoms. The Kier molecular flexibility index (Phi) is 4.37. The molecule has 1 unspecified atom stereocenters. The molecule has 1 heterocycles. The quantitative estimate of drug-likeness (QED) is 0.812. The predicted molar refractivity (Wildman–Crippen MR) is 58.3 cm³/mol. The largest absolute Gasteiger partial charge is 0.480 e. The first kappa shape index (κ1) is 11.5. The van der Waals surface area contributed by atoms with Gasteiger partial charge in [0, 0.05) is 16.4 Å². The lowest BCUT2D eigenvalue weighted by atomic mass is 10.4. The number of thioether (sulfide) groups is 1. The fourth-order valence-electron chi connectivity index (χ4n) is 0.694. The van der Waals surface area contributed by atoms with Gasteiger partial charge in [-0.1, -0.05) is 0 Å². The zero-order chi connectivity index (χ0) is 10.6. The first-order valence-corrected chi connectivity index (χ1v) is 5.60. The second kappa shape index (κ2) is 5.33. The number of aliphatic carboxylic acids is 1. The average molecular weight is 277 g/mol. The van der Waals surface area contributed by atoms with Crippen molar-refractivity contribution in [1.29, 1.82) is 0 Å². The molecule has 0 amide bonds. The first-order valence-electron chi connectivity index (χ1n) is 3.82. The van der Waals surface area contributed by atoms with E-state index < -0.39 is 12.0 Å². The van der Waals surface area contributed by atoms with E-state index in [9.17, 15) is 4.79 Å². The second-order valence-electron chi connectivity index (χ2n) is 2.57. The van der Waals surface area contributed by atoms with E-state index in [4.69, 9.17) is 10.8 Å². The molecule has 14 heavy (non-hydrogen) atoms. The maximum absolute atomic E-state index is 10.4. The van der Waals surface area contributed by atoms with Gasteiger partial charge in [-0.2, -0.15) is 0 Å². The Bertz CT molecular complexity index is 318. The highest BCUT2D eigenvalue weighted by molar-refractivity contribution is 9.10. The van der Waals surface area contributed by atoms with Crippen LogP contribution in [0.25, 0.3) is 0 Å². The Morgan fingerprint density at radius 3 is 2.93 bits per heavy atom. The molecule has 1 rings (SSSR count). The number of aromatic nitrogens is 1. The smallest absolute Gasteiger partial charge is 0.321 e. The molecule has 0 saturated carbocycles. The number of carboxylic acid groups (broad SMARTS) is 1. The lowest BCUT2D eigenvalue weighted by molar-refractivity contribution is -0.137. The zero-order valence-electron chi connectivity index (χ0n) is 7.18. The SMILES string of the molecule is NC(CSc1ccc(Br)cn1)C(=O)O. The van der Waals surface area contributed by atoms with Gasteiger partial charge in [0.2, 0.25) is 0 Å². The van der Waals surface area contributed by atoms with Crippen LogP contribution in [0.1, 0.15) is 0 Å². The number of nitrogens with two attached hydrogens (primary N) is 1. The molecule has 0 aromatic carbocycles. The molecule has 0 aliphatic rings. The van der Waals surface area contributed by atoms with Crippen LogP contribution in [0.5, 0.6) is 0 Å². The van der Waals surface area contributed by atoms with Gasteiger partial charge in [-0.25, -0.2) is 4.98 Å². The van der Waals surface area contributed by atoms with E-state index in [1.165, 1.54) is 11.8 Å². The van der Waals surface area contributed by atoms with Crippen molar-refractivity contribution in [2.24, 2.45) is 5.73 Å². The van der Waals surface area contributed by atoms with E-state index in [0.29, 0.717) is 5.75 Å². The summed E-state index contributed by atoms with van der Waals surface area (Å²) in [5.41, 5.74) is 5.34. The van der Waals surface area contributed by atoms with Gasteiger partial charge in [0.25, 0.3) is 0 Å².